The third-order valence-electron chi connectivity index (χ3n) is 4.12. The highest BCUT2D eigenvalue weighted by Gasteiger charge is 2.24. The van der Waals surface area contributed by atoms with Crippen molar-refractivity contribution in [3.8, 4) is 6.07 Å². The molecular weight excluding hydrogens is 234 g/mol. The summed E-state index contributed by atoms with van der Waals surface area (Å²) in [5.41, 5.74) is 3.58. The highest BCUT2D eigenvalue weighted by atomic mass is 15.1. The molecule has 0 amide bonds. The van der Waals surface area contributed by atoms with Gasteiger partial charge in [0, 0.05) is 6.04 Å². The van der Waals surface area contributed by atoms with Crippen LogP contribution in [0.25, 0.3) is 0 Å². The zero-order valence-electron chi connectivity index (χ0n) is 12.2. The number of fused-ring (bicyclic) bond motifs is 1. The fourth-order valence-electron chi connectivity index (χ4n) is 3.24. The van der Waals surface area contributed by atoms with Crippen LogP contribution in [0.15, 0.2) is 18.2 Å². The third-order valence-corrected chi connectivity index (χ3v) is 4.12. The van der Waals surface area contributed by atoms with Crippen LogP contribution in [0.2, 0.25) is 0 Å². The zero-order valence-corrected chi connectivity index (χ0v) is 12.2. The Balaban J connectivity index is 2.18. The average molecular weight is 258 g/mol. The highest BCUT2D eigenvalue weighted by Crippen LogP contribution is 2.27. The van der Waals surface area contributed by atoms with E-state index < -0.39 is 0 Å². The second kappa shape index (κ2) is 6.73. The maximum atomic E-state index is 9.26. The highest BCUT2D eigenvalue weighted by molar-refractivity contribution is 5.44. The molecule has 19 heavy (non-hydrogen) atoms. The van der Waals surface area contributed by atoms with Gasteiger partial charge in [0.25, 0.3) is 0 Å². The molecule has 1 aromatic rings. The number of benzene rings is 1. The predicted octanol–water partition coefficient (Wildman–Crippen LogP) is 3.54. The largest absolute Gasteiger partial charge is 0.300 e. The lowest BCUT2D eigenvalue weighted by Gasteiger charge is -2.35. The number of nitrogens with zero attached hydrogens (tertiary/aromatic N) is 2. The van der Waals surface area contributed by atoms with Crippen molar-refractivity contribution in [2.45, 2.75) is 52.0 Å². The topological polar surface area (TPSA) is 27.0 Å². The smallest absolute Gasteiger partial charge is 0.0994 e. The van der Waals surface area contributed by atoms with Crippen molar-refractivity contribution in [3.05, 3.63) is 34.9 Å². The van der Waals surface area contributed by atoms with Gasteiger partial charge < -0.3 is 4.90 Å². The minimum atomic E-state index is 0.627. The third kappa shape index (κ3) is 3.16. The molecule has 0 unspecified atom stereocenters. The van der Waals surface area contributed by atoms with E-state index in [4.69, 9.17) is 0 Å². The normalized spacial score (nSPS) is 18.1. The van der Waals surface area contributed by atoms with E-state index in [2.05, 4.69) is 30.9 Å². The molecule has 2 nitrogen and oxygen atoms in total. The number of hydrogen-bond acceptors (Lipinski definition) is 2. The molecule has 0 bridgehead atoms. The summed E-state index contributed by atoms with van der Waals surface area (Å²) in [6.07, 6.45) is 5.84. The van der Waals surface area contributed by atoms with Crippen molar-refractivity contribution < 1.29 is 0 Å². The average Bonchev–Trinajstić information content (AvgIpc) is 2.46. The summed E-state index contributed by atoms with van der Waals surface area (Å²) in [5.74, 6) is 0. The Kier molecular flexibility index (Phi) is 4.99. The summed E-state index contributed by atoms with van der Waals surface area (Å²) < 4.78 is 0. The van der Waals surface area contributed by atoms with Crippen molar-refractivity contribution in [1.82, 2.24) is 4.90 Å². The molecule has 0 saturated heterocycles. The maximum Gasteiger partial charge on any atom is 0.0994 e. The SMILES string of the molecule is CCCN(CCC)[C@H]1CCc2cccc([14C]#N)c2C1. The van der Waals surface area contributed by atoms with E-state index in [1.54, 1.807) is 0 Å². The minimum absolute atomic E-state index is 0.627. The first-order valence-electron chi connectivity index (χ1n) is 7.55. The quantitative estimate of drug-likeness (QED) is 0.807. The maximum absolute atomic E-state index is 9.26. The summed E-state index contributed by atoms with van der Waals surface area (Å²) in [4.78, 5) is 2.62. The molecule has 1 atom stereocenters. The Hall–Kier alpha value is -1.33. The number of rotatable bonds is 5. The van der Waals surface area contributed by atoms with Crippen LogP contribution < -0.4 is 0 Å². The standard InChI is InChI=1S/C17H24N2/c1-3-10-19(11-4-2)16-9-8-14-6-5-7-15(13-18)17(14)12-16/h5-7,16H,3-4,8-12H2,1-2H3/t16-/m0/s1/i13+2. The second-order valence-electron chi connectivity index (χ2n) is 5.49. The van der Waals surface area contributed by atoms with Gasteiger partial charge in [-0.05, 0) is 62.4 Å². The fourth-order valence-corrected chi connectivity index (χ4v) is 3.24. The van der Waals surface area contributed by atoms with Gasteiger partial charge in [-0.1, -0.05) is 26.0 Å². The van der Waals surface area contributed by atoms with Gasteiger partial charge in [-0.2, -0.15) is 5.26 Å². The van der Waals surface area contributed by atoms with Crippen LogP contribution in [0.1, 0.15) is 49.8 Å². The molecule has 0 spiro atoms. The van der Waals surface area contributed by atoms with Crippen LogP contribution in [-0.2, 0) is 12.8 Å². The van der Waals surface area contributed by atoms with E-state index in [1.165, 1.54) is 43.5 Å². The molecule has 1 aromatic carbocycles. The van der Waals surface area contributed by atoms with Crippen molar-refractivity contribution in [3.63, 3.8) is 0 Å². The van der Waals surface area contributed by atoms with E-state index in [-0.39, 0.29) is 0 Å². The summed E-state index contributed by atoms with van der Waals surface area (Å²) in [7, 11) is 0. The van der Waals surface area contributed by atoms with Crippen molar-refractivity contribution in [2.24, 2.45) is 0 Å². The molecule has 1 aliphatic carbocycles. The molecule has 0 saturated carbocycles. The van der Waals surface area contributed by atoms with Crippen LogP contribution >= 0.6 is 0 Å². The molecule has 2 rings (SSSR count). The van der Waals surface area contributed by atoms with E-state index in [0.717, 1.165) is 18.4 Å². The van der Waals surface area contributed by atoms with Gasteiger partial charge in [-0.15, -0.1) is 0 Å². The molecule has 0 heterocycles. The molecular formula is C17H24N2. The van der Waals surface area contributed by atoms with Crippen LogP contribution in [0, 0.1) is 11.3 Å². The second-order valence-corrected chi connectivity index (χ2v) is 5.49. The molecule has 2 heteroatoms. The summed E-state index contributed by atoms with van der Waals surface area (Å²) in [5, 5.41) is 9.26. The van der Waals surface area contributed by atoms with E-state index >= 15 is 0 Å². The van der Waals surface area contributed by atoms with Gasteiger partial charge in [0.2, 0.25) is 0 Å². The van der Waals surface area contributed by atoms with Crippen LogP contribution in [-0.4, -0.2) is 24.0 Å². The first kappa shape index (κ1) is 14.1. The van der Waals surface area contributed by atoms with Crippen molar-refractivity contribution in [2.75, 3.05) is 13.1 Å². The molecule has 102 valence electrons. The summed E-state index contributed by atoms with van der Waals surface area (Å²) in [6, 6.07) is 9.16. The molecule has 0 radical (unpaired) electrons. The number of aryl methyl sites for hydroxylation is 1. The van der Waals surface area contributed by atoms with Crippen LogP contribution in [0.3, 0.4) is 0 Å². The van der Waals surface area contributed by atoms with Gasteiger partial charge in [0.1, 0.15) is 0 Å². The predicted molar refractivity (Wildman–Crippen MR) is 79.1 cm³/mol. The Morgan fingerprint density at radius 1 is 1.26 bits per heavy atom. The monoisotopic (exact) mass is 258 g/mol. The van der Waals surface area contributed by atoms with Gasteiger partial charge in [-0.25, -0.2) is 0 Å². The van der Waals surface area contributed by atoms with Crippen molar-refractivity contribution in [1.29, 1.82) is 5.26 Å². The Morgan fingerprint density at radius 3 is 2.63 bits per heavy atom. The van der Waals surface area contributed by atoms with Crippen LogP contribution in [0.5, 0.6) is 0 Å². The number of nitriles is 1. The Labute approximate surface area is 117 Å². The van der Waals surface area contributed by atoms with Crippen molar-refractivity contribution >= 4 is 0 Å². The first-order chi connectivity index (χ1) is 9.30. The van der Waals surface area contributed by atoms with Gasteiger partial charge >= 0.3 is 0 Å². The molecule has 1 aliphatic rings. The summed E-state index contributed by atoms with van der Waals surface area (Å²) >= 11 is 0. The lowest BCUT2D eigenvalue weighted by atomic mass is 9.86. The number of hydrogen-bond donors (Lipinski definition) is 0. The minimum Gasteiger partial charge on any atom is -0.300 e. The summed E-state index contributed by atoms with van der Waals surface area (Å²) in [6.45, 7) is 6.87. The van der Waals surface area contributed by atoms with Gasteiger partial charge in [-0.3, -0.25) is 0 Å². The molecule has 0 fully saturated rings. The Bertz CT molecular complexity index is 453. The molecule has 0 N–H and O–H groups in total. The Morgan fingerprint density at radius 2 is 2.00 bits per heavy atom. The zero-order chi connectivity index (χ0) is 13.7. The lowest BCUT2D eigenvalue weighted by molar-refractivity contribution is 0.180. The van der Waals surface area contributed by atoms with E-state index in [0.29, 0.717) is 6.04 Å². The van der Waals surface area contributed by atoms with Crippen LogP contribution in [0.4, 0.5) is 0 Å². The van der Waals surface area contributed by atoms with E-state index in [1.807, 2.05) is 12.1 Å². The van der Waals surface area contributed by atoms with Gasteiger partial charge in [0.05, 0.1) is 11.6 Å². The van der Waals surface area contributed by atoms with E-state index in [9.17, 15) is 5.26 Å². The molecule has 0 aliphatic heterocycles. The lowest BCUT2D eigenvalue weighted by Crippen LogP contribution is -2.40. The van der Waals surface area contributed by atoms with Gasteiger partial charge in [0.15, 0.2) is 0 Å². The fraction of sp³-hybridized carbons (Fsp3) is 0.588. The molecule has 0 aromatic heterocycles. The first-order valence-corrected chi connectivity index (χ1v) is 7.55.